The summed E-state index contributed by atoms with van der Waals surface area (Å²) in [6, 6.07) is 16.5. The highest BCUT2D eigenvalue weighted by Gasteiger charge is 2.24. The van der Waals surface area contributed by atoms with Crippen LogP contribution >= 0.6 is 11.6 Å². The van der Waals surface area contributed by atoms with Crippen molar-refractivity contribution in [2.45, 2.75) is 25.7 Å². The monoisotopic (exact) mass is 358 g/mol. The van der Waals surface area contributed by atoms with Gasteiger partial charge in [-0.15, -0.1) is 0 Å². The van der Waals surface area contributed by atoms with Gasteiger partial charge in [0.05, 0.1) is 0 Å². The van der Waals surface area contributed by atoms with E-state index in [9.17, 15) is 9.59 Å². The van der Waals surface area contributed by atoms with Crippen molar-refractivity contribution < 1.29 is 9.59 Å². The summed E-state index contributed by atoms with van der Waals surface area (Å²) in [6.07, 6.45) is 0.362. The molecule has 2 aromatic rings. The van der Waals surface area contributed by atoms with Crippen LogP contribution in [0.3, 0.4) is 0 Å². The molecule has 132 valence electrons. The zero-order chi connectivity index (χ0) is 18.3. The standard InChI is InChI=1S/C20H23ClN2O2/c1-20(2,16-8-10-17(21)11-9-16)14-18(24)22-12-13-23-19(25)15-6-4-3-5-7-15/h3-11H,12-14H2,1-2H3,(H,22,24)(H,23,25). The van der Waals surface area contributed by atoms with Crippen molar-refractivity contribution >= 4 is 23.4 Å². The number of carbonyl (C=O) groups is 2. The summed E-state index contributed by atoms with van der Waals surface area (Å²) >= 11 is 5.91. The van der Waals surface area contributed by atoms with E-state index >= 15 is 0 Å². The van der Waals surface area contributed by atoms with Crippen LogP contribution in [0.1, 0.15) is 36.2 Å². The number of carbonyl (C=O) groups excluding carboxylic acids is 2. The minimum absolute atomic E-state index is 0.0473. The van der Waals surface area contributed by atoms with E-state index in [1.807, 2.05) is 56.3 Å². The van der Waals surface area contributed by atoms with Gasteiger partial charge in [-0.05, 0) is 35.2 Å². The predicted molar refractivity (Wildman–Crippen MR) is 101 cm³/mol. The first-order valence-corrected chi connectivity index (χ1v) is 8.62. The summed E-state index contributed by atoms with van der Waals surface area (Å²) in [6.45, 7) is 4.83. The Morgan fingerprint density at radius 1 is 0.920 bits per heavy atom. The Labute approximate surface area is 153 Å². The quantitative estimate of drug-likeness (QED) is 0.743. The lowest BCUT2D eigenvalue weighted by Gasteiger charge is -2.24. The Hall–Kier alpha value is -2.33. The molecule has 0 aromatic heterocycles. The Bertz CT molecular complexity index is 712. The molecule has 0 unspecified atom stereocenters. The lowest BCUT2D eigenvalue weighted by Crippen LogP contribution is -2.37. The third kappa shape index (κ3) is 5.91. The molecule has 0 radical (unpaired) electrons. The summed E-state index contributed by atoms with van der Waals surface area (Å²) in [5.41, 5.74) is 1.38. The fourth-order valence-corrected chi connectivity index (χ4v) is 2.66. The predicted octanol–water partition coefficient (Wildman–Crippen LogP) is 3.55. The van der Waals surface area contributed by atoms with E-state index in [-0.39, 0.29) is 17.2 Å². The van der Waals surface area contributed by atoms with Crippen molar-refractivity contribution in [2.24, 2.45) is 0 Å². The van der Waals surface area contributed by atoms with Gasteiger partial charge in [0.25, 0.3) is 5.91 Å². The Morgan fingerprint density at radius 3 is 2.16 bits per heavy atom. The summed E-state index contributed by atoms with van der Waals surface area (Å²) in [7, 11) is 0. The fraction of sp³-hybridized carbons (Fsp3) is 0.300. The van der Waals surface area contributed by atoms with Crippen LogP contribution in [0.4, 0.5) is 0 Å². The summed E-state index contributed by atoms with van der Waals surface area (Å²) in [4.78, 5) is 24.1. The van der Waals surface area contributed by atoms with E-state index in [2.05, 4.69) is 10.6 Å². The molecule has 0 atom stereocenters. The Morgan fingerprint density at radius 2 is 1.52 bits per heavy atom. The highest BCUT2D eigenvalue weighted by Crippen LogP contribution is 2.27. The van der Waals surface area contributed by atoms with E-state index in [1.54, 1.807) is 12.1 Å². The number of halogens is 1. The molecule has 0 heterocycles. The fourth-order valence-electron chi connectivity index (χ4n) is 2.54. The van der Waals surface area contributed by atoms with Crippen LogP contribution in [0.25, 0.3) is 0 Å². The van der Waals surface area contributed by atoms with Crippen LogP contribution in [-0.4, -0.2) is 24.9 Å². The molecule has 25 heavy (non-hydrogen) atoms. The zero-order valence-corrected chi connectivity index (χ0v) is 15.3. The highest BCUT2D eigenvalue weighted by molar-refractivity contribution is 6.30. The minimum atomic E-state index is -0.290. The zero-order valence-electron chi connectivity index (χ0n) is 14.5. The molecule has 0 fully saturated rings. The van der Waals surface area contributed by atoms with Crippen molar-refractivity contribution in [3.8, 4) is 0 Å². The van der Waals surface area contributed by atoms with Gasteiger partial charge in [0.1, 0.15) is 0 Å². The maximum absolute atomic E-state index is 12.2. The lowest BCUT2D eigenvalue weighted by molar-refractivity contribution is -0.122. The third-order valence-corrected chi connectivity index (χ3v) is 4.25. The van der Waals surface area contributed by atoms with Gasteiger partial charge in [0, 0.05) is 30.1 Å². The molecule has 0 aliphatic carbocycles. The van der Waals surface area contributed by atoms with Crippen molar-refractivity contribution in [1.82, 2.24) is 10.6 Å². The van der Waals surface area contributed by atoms with Crippen molar-refractivity contribution in [1.29, 1.82) is 0 Å². The van der Waals surface area contributed by atoms with Gasteiger partial charge in [-0.2, -0.15) is 0 Å². The number of nitrogens with one attached hydrogen (secondary N) is 2. The van der Waals surface area contributed by atoms with Crippen molar-refractivity contribution in [3.63, 3.8) is 0 Å². The molecular formula is C20H23ClN2O2. The number of hydrogen-bond acceptors (Lipinski definition) is 2. The average molecular weight is 359 g/mol. The lowest BCUT2D eigenvalue weighted by atomic mass is 9.81. The van der Waals surface area contributed by atoms with Gasteiger partial charge in [-0.25, -0.2) is 0 Å². The summed E-state index contributed by atoms with van der Waals surface area (Å²) < 4.78 is 0. The van der Waals surface area contributed by atoms with Crippen LogP contribution in [0.15, 0.2) is 54.6 Å². The molecule has 0 aliphatic rings. The van der Waals surface area contributed by atoms with Crippen LogP contribution in [0.5, 0.6) is 0 Å². The van der Waals surface area contributed by atoms with Gasteiger partial charge in [-0.1, -0.05) is 55.8 Å². The minimum Gasteiger partial charge on any atom is -0.354 e. The first-order valence-electron chi connectivity index (χ1n) is 8.24. The summed E-state index contributed by atoms with van der Waals surface area (Å²) in [5, 5.41) is 6.31. The largest absolute Gasteiger partial charge is 0.354 e. The maximum Gasteiger partial charge on any atom is 0.251 e. The molecule has 2 N–H and O–H groups in total. The second-order valence-electron chi connectivity index (χ2n) is 6.54. The second-order valence-corrected chi connectivity index (χ2v) is 6.98. The second kappa shape index (κ2) is 8.67. The molecule has 2 aromatic carbocycles. The van der Waals surface area contributed by atoms with Crippen LogP contribution in [0.2, 0.25) is 5.02 Å². The van der Waals surface area contributed by atoms with E-state index in [0.717, 1.165) is 5.56 Å². The Balaban J connectivity index is 1.75. The Kier molecular flexibility index (Phi) is 6.59. The topological polar surface area (TPSA) is 58.2 Å². The van der Waals surface area contributed by atoms with Crippen LogP contribution < -0.4 is 10.6 Å². The molecule has 0 spiro atoms. The normalized spacial score (nSPS) is 11.0. The van der Waals surface area contributed by atoms with E-state index in [1.165, 1.54) is 0 Å². The average Bonchev–Trinajstić information content (AvgIpc) is 2.59. The number of rotatable bonds is 7. The summed E-state index contributed by atoms with van der Waals surface area (Å²) in [5.74, 6) is -0.190. The molecule has 2 rings (SSSR count). The molecule has 0 aliphatic heterocycles. The number of hydrogen-bond donors (Lipinski definition) is 2. The third-order valence-electron chi connectivity index (χ3n) is 4.00. The van der Waals surface area contributed by atoms with Crippen LogP contribution in [0, 0.1) is 0 Å². The van der Waals surface area contributed by atoms with Crippen molar-refractivity contribution in [3.05, 3.63) is 70.7 Å². The molecule has 0 saturated heterocycles. The molecule has 2 amide bonds. The molecule has 0 bridgehead atoms. The molecular weight excluding hydrogens is 336 g/mol. The number of benzene rings is 2. The van der Waals surface area contributed by atoms with E-state index < -0.39 is 0 Å². The smallest absolute Gasteiger partial charge is 0.251 e. The van der Waals surface area contributed by atoms with Gasteiger partial charge < -0.3 is 10.6 Å². The van der Waals surface area contributed by atoms with E-state index in [0.29, 0.717) is 30.1 Å². The molecule has 5 heteroatoms. The van der Waals surface area contributed by atoms with Gasteiger partial charge >= 0.3 is 0 Å². The van der Waals surface area contributed by atoms with Crippen molar-refractivity contribution in [2.75, 3.05) is 13.1 Å². The van der Waals surface area contributed by atoms with E-state index in [4.69, 9.17) is 11.6 Å². The number of amides is 2. The van der Waals surface area contributed by atoms with Gasteiger partial charge in [0.15, 0.2) is 0 Å². The molecule has 0 saturated carbocycles. The van der Waals surface area contributed by atoms with Gasteiger partial charge in [-0.3, -0.25) is 9.59 Å². The first-order chi connectivity index (χ1) is 11.9. The highest BCUT2D eigenvalue weighted by atomic mass is 35.5. The first kappa shape index (κ1) is 19.0. The SMILES string of the molecule is CC(C)(CC(=O)NCCNC(=O)c1ccccc1)c1ccc(Cl)cc1. The van der Waals surface area contributed by atoms with Gasteiger partial charge in [0.2, 0.25) is 5.91 Å². The van der Waals surface area contributed by atoms with Crippen LogP contribution in [-0.2, 0) is 10.2 Å². The molecule has 4 nitrogen and oxygen atoms in total. The maximum atomic E-state index is 12.2.